The number of H-pyrrole nitrogens is 1. The average Bonchev–Trinajstić information content (AvgIpc) is 3.13. The molecule has 28 heavy (non-hydrogen) atoms. The van der Waals surface area contributed by atoms with Crippen LogP contribution in [0.1, 0.15) is 33.0 Å². The predicted molar refractivity (Wildman–Crippen MR) is 103 cm³/mol. The predicted octanol–water partition coefficient (Wildman–Crippen LogP) is 2.64. The molecule has 0 spiro atoms. The van der Waals surface area contributed by atoms with E-state index in [0.717, 1.165) is 35.2 Å². The van der Waals surface area contributed by atoms with Crippen molar-refractivity contribution in [1.29, 1.82) is 0 Å². The topological polar surface area (TPSA) is 114 Å². The molecule has 3 N–H and O–H groups in total. The number of rotatable bonds is 8. The number of pyridine rings is 1. The number of hydrogen-bond acceptors (Lipinski definition) is 5. The molecule has 0 saturated heterocycles. The third-order valence-electron chi connectivity index (χ3n) is 4.34. The molecule has 0 unspecified atom stereocenters. The Hall–Kier alpha value is -3.55. The largest absolute Gasteiger partial charge is 0.497 e. The normalized spacial score (nSPS) is 10.6. The molecule has 0 saturated carbocycles. The second-order valence-corrected chi connectivity index (χ2v) is 6.18. The smallest absolute Gasteiger partial charge is 0.354 e. The molecule has 2 heterocycles. The van der Waals surface area contributed by atoms with Gasteiger partial charge in [0.15, 0.2) is 0 Å². The number of methoxy groups -OCH3 is 2. The zero-order valence-corrected chi connectivity index (χ0v) is 15.6. The van der Waals surface area contributed by atoms with Gasteiger partial charge in [-0.3, -0.25) is 4.79 Å². The molecule has 8 heteroatoms. The Kier molecular flexibility index (Phi) is 5.78. The molecule has 0 aliphatic carbocycles. The third-order valence-corrected chi connectivity index (χ3v) is 4.34. The van der Waals surface area contributed by atoms with Crippen LogP contribution < -0.4 is 14.8 Å². The number of aryl methyl sites for hydroxylation is 1. The van der Waals surface area contributed by atoms with E-state index in [1.54, 1.807) is 14.2 Å². The molecule has 1 aromatic carbocycles. The summed E-state index contributed by atoms with van der Waals surface area (Å²) in [5.74, 6) is 0.0436. The van der Waals surface area contributed by atoms with Crippen molar-refractivity contribution in [2.45, 2.75) is 12.8 Å². The van der Waals surface area contributed by atoms with Gasteiger partial charge in [0.1, 0.15) is 17.2 Å². The first kappa shape index (κ1) is 19.2. The van der Waals surface area contributed by atoms with Crippen LogP contribution in [0.25, 0.3) is 10.9 Å². The van der Waals surface area contributed by atoms with E-state index >= 15 is 0 Å². The third kappa shape index (κ3) is 4.22. The van der Waals surface area contributed by atoms with Gasteiger partial charge in [-0.2, -0.15) is 0 Å². The Morgan fingerprint density at radius 1 is 1.18 bits per heavy atom. The monoisotopic (exact) mass is 383 g/mol. The number of nitrogens with zero attached hydrogens (tertiary/aromatic N) is 1. The van der Waals surface area contributed by atoms with Crippen molar-refractivity contribution < 1.29 is 24.2 Å². The molecule has 0 aliphatic heterocycles. The summed E-state index contributed by atoms with van der Waals surface area (Å²) in [6.07, 6.45) is 2.74. The van der Waals surface area contributed by atoms with Crippen LogP contribution in [0.15, 0.2) is 36.5 Å². The highest BCUT2D eigenvalue weighted by molar-refractivity contribution is 5.94. The molecule has 146 valence electrons. The molecular formula is C20H21N3O5. The summed E-state index contributed by atoms with van der Waals surface area (Å²) in [5.41, 5.74) is 2.19. The molecule has 8 nitrogen and oxygen atoms in total. The first-order chi connectivity index (χ1) is 13.5. The molecule has 0 atom stereocenters. The summed E-state index contributed by atoms with van der Waals surface area (Å²) in [7, 11) is 3.23. The van der Waals surface area contributed by atoms with Crippen LogP contribution in [-0.2, 0) is 6.42 Å². The molecule has 2 aromatic heterocycles. The molecule has 0 fully saturated rings. The highest BCUT2D eigenvalue weighted by Gasteiger charge is 2.11. The van der Waals surface area contributed by atoms with Crippen molar-refractivity contribution in [2.24, 2.45) is 0 Å². The van der Waals surface area contributed by atoms with Crippen LogP contribution in [0.3, 0.4) is 0 Å². The van der Waals surface area contributed by atoms with Gasteiger partial charge in [0.25, 0.3) is 5.91 Å². The fraction of sp³-hybridized carbons (Fsp3) is 0.250. The van der Waals surface area contributed by atoms with E-state index in [-0.39, 0.29) is 11.6 Å². The number of aromatic amines is 1. The van der Waals surface area contributed by atoms with Gasteiger partial charge in [0.2, 0.25) is 0 Å². The Morgan fingerprint density at radius 2 is 2.00 bits per heavy atom. The maximum absolute atomic E-state index is 12.1. The van der Waals surface area contributed by atoms with Gasteiger partial charge in [-0.25, -0.2) is 9.78 Å². The number of carboxylic acid groups (broad SMARTS) is 1. The minimum atomic E-state index is -1.13. The van der Waals surface area contributed by atoms with Crippen LogP contribution in [0, 0.1) is 0 Å². The van der Waals surface area contributed by atoms with Crippen molar-refractivity contribution in [3.05, 3.63) is 53.5 Å². The van der Waals surface area contributed by atoms with Gasteiger partial charge in [-0.05, 0) is 31.0 Å². The van der Waals surface area contributed by atoms with E-state index in [9.17, 15) is 9.59 Å². The second-order valence-electron chi connectivity index (χ2n) is 6.18. The summed E-state index contributed by atoms with van der Waals surface area (Å²) < 4.78 is 10.7. The van der Waals surface area contributed by atoms with Gasteiger partial charge in [-0.15, -0.1) is 0 Å². The van der Waals surface area contributed by atoms with Crippen molar-refractivity contribution in [1.82, 2.24) is 15.3 Å². The van der Waals surface area contributed by atoms with Gasteiger partial charge in [-0.1, -0.05) is 0 Å². The number of amides is 1. The molecule has 3 rings (SSSR count). The quantitative estimate of drug-likeness (QED) is 0.515. The number of ether oxygens (including phenoxy) is 2. The molecule has 0 bridgehead atoms. The Morgan fingerprint density at radius 3 is 2.64 bits per heavy atom. The molecule has 0 radical (unpaired) electrons. The summed E-state index contributed by atoms with van der Waals surface area (Å²) in [4.78, 5) is 30.0. The lowest BCUT2D eigenvalue weighted by atomic mass is 10.2. The second kappa shape index (κ2) is 8.43. The molecule has 0 aliphatic rings. The molecule has 3 aromatic rings. The van der Waals surface area contributed by atoms with Crippen LogP contribution in [0.4, 0.5) is 0 Å². The van der Waals surface area contributed by atoms with Gasteiger partial charge in [0, 0.05) is 36.0 Å². The van der Waals surface area contributed by atoms with Crippen molar-refractivity contribution in [2.75, 3.05) is 20.8 Å². The summed E-state index contributed by atoms with van der Waals surface area (Å²) >= 11 is 0. The summed E-state index contributed by atoms with van der Waals surface area (Å²) in [6.45, 7) is 0.481. The zero-order valence-electron chi connectivity index (χ0n) is 15.6. The molecular weight excluding hydrogens is 362 g/mol. The minimum Gasteiger partial charge on any atom is -0.497 e. The number of aromatic carboxylic acids is 1. The fourth-order valence-electron chi connectivity index (χ4n) is 2.90. The van der Waals surface area contributed by atoms with Crippen LogP contribution in [-0.4, -0.2) is 47.7 Å². The number of benzene rings is 1. The number of nitrogens with one attached hydrogen (secondary N) is 2. The number of carbonyl (C=O) groups is 2. The molecule has 1 amide bonds. The van der Waals surface area contributed by atoms with Crippen molar-refractivity contribution in [3.63, 3.8) is 0 Å². The number of aromatic nitrogens is 2. The first-order valence-electron chi connectivity index (χ1n) is 8.73. The SMILES string of the molecule is COc1cc(OC)c2cc(CCCNC(=O)c3ccc(C(=O)O)nc3)[nH]c2c1. The van der Waals surface area contributed by atoms with Gasteiger partial charge >= 0.3 is 5.97 Å². The van der Waals surface area contributed by atoms with E-state index in [1.807, 2.05) is 18.2 Å². The van der Waals surface area contributed by atoms with E-state index in [2.05, 4.69) is 15.3 Å². The number of carboxylic acids is 1. The maximum atomic E-state index is 12.1. The van der Waals surface area contributed by atoms with E-state index in [0.29, 0.717) is 17.9 Å². The zero-order chi connectivity index (χ0) is 20.1. The number of fused-ring (bicyclic) bond motifs is 1. The fourth-order valence-corrected chi connectivity index (χ4v) is 2.90. The Bertz CT molecular complexity index is 995. The van der Waals surface area contributed by atoms with Crippen LogP contribution >= 0.6 is 0 Å². The van der Waals surface area contributed by atoms with E-state index < -0.39 is 5.97 Å². The average molecular weight is 383 g/mol. The number of hydrogen-bond donors (Lipinski definition) is 3. The highest BCUT2D eigenvalue weighted by Crippen LogP contribution is 2.31. The lowest BCUT2D eigenvalue weighted by Gasteiger charge is -2.05. The maximum Gasteiger partial charge on any atom is 0.354 e. The van der Waals surface area contributed by atoms with E-state index in [4.69, 9.17) is 14.6 Å². The Balaban J connectivity index is 1.56. The summed E-state index contributed by atoms with van der Waals surface area (Å²) in [6, 6.07) is 8.54. The lowest BCUT2D eigenvalue weighted by molar-refractivity contribution is 0.0689. The highest BCUT2D eigenvalue weighted by atomic mass is 16.5. The van der Waals surface area contributed by atoms with Crippen molar-refractivity contribution >= 4 is 22.8 Å². The Labute approximate surface area is 161 Å². The van der Waals surface area contributed by atoms with Gasteiger partial charge in [0.05, 0.1) is 25.3 Å². The van der Waals surface area contributed by atoms with Gasteiger partial charge < -0.3 is 24.9 Å². The summed E-state index contributed by atoms with van der Waals surface area (Å²) in [5, 5.41) is 12.6. The number of carbonyl (C=O) groups excluding carboxylic acids is 1. The standard InChI is InChI=1S/C20H21N3O5/c1-27-14-9-17-15(18(10-14)28-2)8-13(23-17)4-3-7-21-19(24)12-5-6-16(20(25)26)22-11-12/h5-6,8-11,23H,3-4,7H2,1-2H3,(H,21,24)(H,25,26). The van der Waals surface area contributed by atoms with E-state index in [1.165, 1.54) is 18.3 Å². The lowest BCUT2D eigenvalue weighted by Crippen LogP contribution is -2.25. The minimum absolute atomic E-state index is 0.0950. The first-order valence-corrected chi connectivity index (χ1v) is 8.73. The van der Waals surface area contributed by atoms with Crippen LogP contribution in [0.2, 0.25) is 0 Å². The van der Waals surface area contributed by atoms with Crippen LogP contribution in [0.5, 0.6) is 11.5 Å². The van der Waals surface area contributed by atoms with Crippen molar-refractivity contribution in [3.8, 4) is 11.5 Å².